The van der Waals surface area contributed by atoms with Crippen LogP contribution in [0.4, 0.5) is 0 Å². The minimum absolute atomic E-state index is 0.690. The van der Waals surface area contributed by atoms with Crippen LogP contribution in [0.25, 0.3) is 0 Å². The van der Waals surface area contributed by atoms with Gasteiger partial charge < -0.3 is 4.90 Å². The van der Waals surface area contributed by atoms with Crippen molar-refractivity contribution in [2.24, 2.45) is 0 Å². The number of thiazole rings is 1. The van der Waals surface area contributed by atoms with Crippen molar-refractivity contribution in [2.45, 2.75) is 26.3 Å². The molecule has 0 fully saturated rings. The number of nitrogens with one attached hydrogen (secondary N) is 1. The highest BCUT2D eigenvalue weighted by Crippen LogP contribution is 2.05. The number of hydrogen-bond acceptors (Lipinski definition) is 3. The van der Waals surface area contributed by atoms with Crippen LogP contribution >= 0.6 is 11.3 Å². The molecule has 0 bridgehead atoms. The summed E-state index contributed by atoms with van der Waals surface area (Å²) in [5.41, 5.74) is 2.88. The van der Waals surface area contributed by atoms with Gasteiger partial charge in [-0.3, -0.25) is 5.41 Å². The van der Waals surface area contributed by atoms with Crippen LogP contribution in [0.15, 0.2) is 10.9 Å². The lowest BCUT2D eigenvalue weighted by atomic mass is 10.3. The van der Waals surface area contributed by atoms with Crippen molar-refractivity contribution >= 4 is 17.2 Å². The molecule has 1 aromatic heterocycles. The van der Waals surface area contributed by atoms with Gasteiger partial charge in [0.05, 0.1) is 23.6 Å². The summed E-state index contributed by atoms with van der Waals surface area (Å²) in [7, 11) is 1.94. The minimum Gasteiger partial charge on any atom is -0.358 e. The topological polar surface area (TPSA) is 40.0 Å². The fourth-order valence-corrected chi connectivity index (χ4v) is 1.63. The first-order valence-electron chi connectivity index (χ1n) is 4.39. The van der Waals surface area contributed by atoms with E-state index in [2.05, 4.69) is 11.9 Å². The molecule has 1 rings (SSSR count). The monoisotopic (exact) mass is 197 g/mol. The largest absolute Gasteiger partial charge is 0.358 e. The van der Waals surface area contributed by atoms with E-state index in [1.165, 1.54) is 0 Å². The summed E-state index contributed by atoms with van der Waals surface area (Å²) >= 11 is 1.60. The van der Waals surface area contributed by atoms with Crippen molar-refractivity contribution in [1.82, 2.24) is 9.88 Å². The molecule has 0 amide bonds. The average molecular weight is 197 g/mol. The maximum Gasteiger partial charge on any atom is 0.0958 e. The Morgan fingerprint density at radius 3 is 3.00 bits per heavy atom. The molecule has 0 aliphatic rings. The predicted molar refractivity (Wildman–Crippen MR) is 56.2 cm³/mol. The van der Waals surface area contributed by atoms with E-state index < -0.39 is 0 Å². The van der Waals surface area contributed by atoms with Crippen molar-refractivity contribution in [3.05, 3.63) is 16.6 Å². The summed E-state index contributed by atoms with van der Waals surface area (Å²) in [5.74, 6) is 0.690. The van der Waals surface area contributed by atoms with Gasteiger partial charge in [-0.25, -0.2) is 4.98 Å². The van der Waals surface area contributed by atoms with E-state index in [-0.39, 0.29) is 0 Å². The first kappa shape index (κ1) is 10.2. The highest BCUT2D eigenvalue weighted by molar-refractivity contribution is 7.07. The van der Waals surface area contributed by atoms with Crippen LogP contribution in [0, 0.1) is 5.41 Å². The molecular formula is C9H15N3S. The van der Waals surface area contributed by atoms with Gasteiger partial charge in [0.2, 0.25) is 0 Å². The number of nitrogens with zero attached hydrogens (tertiary/aromatic N) is 2. The summed E-state index contributed by atoms with van der Waals surface area (Å²) in [6.45, 7) is 2.84. The van der Waals surface area contributed by atoms with Gasteiger partial charge in [-0.15, -0.1) is 11.3 Å². The molecule has 1 heterocycles. The van der Waals surface area contributed by atoms with Crippen LogP contribution in [-0.2, 0) is 6.54 Å². The van der Waals surface area contributed by atoms with Crippen LogP contribution in [0.3, 0.4) is 0 Å². The fraction of sp³-hybridized carbons (Fsp3) is 0.556. The number of amidine groups is 1. The SMILES string of the molecule is CCCC(=N)N(C)Cc1cscn1. The van der Waals surface area contributed by atoms with Crippen molar-refractivity contribution in [3.8, 4) is 0 Å². The maximum absolute atomic E-state index is 7.70. The zero-order valence-corrected chi connectivity index (χ0v) is 8.90. The Bertz CT molecular complexity index is 256. The van der Waals surface area contributed by atoms with Crippen LogP contribution in [0.1, 0.15) is 25.5 Å². The Morgan fingerprint density at radius 1 is 1.69 bits per heavy atom. The lowest BCUT2D eigenvalue weighted by Gasteiger charge is -2.18. The summed E-state index contributed by atoms with van der Waals surface area (Å²) in [5, 5.41) is 9.72. The third-order valence-corrected chi connectivity index (χ3v) is 2.47. The van der Waals surface area contributed by atoms with Gasteiger partial charge in [0.15, 0.2) is 0 Å². The Balaban J connectivity index is 2.41. The van der Waals surface area contributed by atoms with E-state index in [1.54, 1.807) is 11.3 Å². The lowest BCUT2D eigenvalue weighted by Crippen LogP contribution is -2.25. The molecule has 0 aromatic carbocycles. The third-order valence-electron chi connectivity index (χ3n) is 1.83. The second-order valence-electron chi connectivity index (χ2n) is 3.03. The molecule has 0 saturated heterocycles. The van der Waals surface area contributed by atoms with E-state index in [0.29, 0.717) is 5.84 Å². The number of hydrogen-bond donors (Lipinski definition) is 1. The molecule has 0 unspecified atom stereocenters. The molecular weight excluding hydrogens is 182 g/mol. The van der Waals surface area contributed by atoms with Gasteiger partial charge in [-0.1, -0.05) is 6.92 Å². The van der Waals surface area contributed by atoms with E-state index in [0.717, 1.165) is 25.1 Å². The average Bonchev–Trinajstić information content (AvgIpc) is 2.57. The summed E-state index contributed by atoms with van der Waals surface area (Å²) in [6.07, 6.45) is 1.88. The molecule has 0 aliphatic heterocycles. The molecule has 1 N–H and O–H groups in total. The molecule has 13 heavy (non-hydrogen) atoms. The van der Waals surface area contributed by atoms with E-state index in [1.807, 2.05) is 22.8 Å². The van der Waals surface area contributed by atoms with Crippen LogP contribution in [0.2, 0.25) is 0 Å². The van der Waals surface area contributed by atoms with Crippen LogP contribution < -0.4 is 0 Å². The highest BCUT2D eigenvalue weighted by Gasteiger charge is 2.04. The summed E-state index contributed by atoms with van der Waals surface area (Å²) in [6, 6.07) is 0. The van der Waals surface area contributed by atoms with Gasteiger partial charge in [0.1, 0.15) is 0 Å². The van der Waals surface area contributed by atoms with Crippen LogP contribution in [0.5, 0.6) is 0 Å². The third kappa shape index (κ3) is 3.14. The highest BCUT2D eigenvalue weighted by atomic mass is 32.1. The smallest absolute Gasteiger partial charge is 0.0958 e. The molecule has 0 aliphatic carbocycles. The van der Waals surface area contributed by atoms with Crippen molar-refractivity contribution in [2.75, 3.05) is 7.05 Å². The predicted octanol–water partition coefficient (Wildman–Crippen LogP) is 2.35. The fourth-order valence-electron chi connectivity index (χ4n) is 1.08. The first-order chi connectivity index (χ1) is 6.24. The standard InChI is InChI=1S/C9H15N3S/c1-3-4-9(10)12(2)5-8-6-13-7-11-8/h6-7,10H,3-5H2,1-2H3. The Kier molecular flexibility index (Phi) is 3.89. The van der Waals surface area contributed by atoms with Gasteiger partial charge in [-0.05, 0) is 6.42 Å². The summed E-state index contributed by atoms with van der Waals surface area (Å²) < 4.78 is 0. The molecule has 3 nitrogen and oxygen atoms in total. The normalized spacial score (nSPS) is 10.0. The van der Waals surface area contributed by atoms with Gasteiger partial charge in [-0.2, -0.15) is 0 Å². The summed E-state index contributed by atoms with van der Waals surface area (Å²) in [4.78, 5) is 6.12. The molecule has 0 atom stereocenters. The zero-order chi connectivity index (χ0) is 9.68. The van der Waals surface area contributed by atoms with Crippen molar-refractivity contribution < 1.29 is 0 Å². The van der Waals surface area contributed by atoms with E-state index in [4.69, 9.17) is 5.41 Å². The van der Waals surface area contributed by atoms with E-state index in [9.17, 15) is 0 Å². The molecule has 72 valence electrons. The Hall–Kier alpha value is -0.900. The van der Waals surface area contributed by atoms with E-state index >= 15 is 0 Å². The first-order valence-corrected chi connectivity index (χ1v) is 5.34. The zero-order valence-electron chi connectivity index (χ0n) is 8.08. The Morgan fingerprint density at radius 2 is 2.46 bits per heavy atom. The molecule has 0 spiro atoms. The lowest BCUT2D eigenvalue weighted by molar-refractivity contribution is 0.477. The minimum atomic E-state index is 0.690. The molecule has 0 radical (unpaired) electrons. The Labute approximate surface area is 82.9 Å². The van der Waals surface area contributed by atoms with Crippen molar-refractivity contribution in [3.63, 3.8) is 0 Å². The van der Waals surface area contributed by atoms with Gasteiger partial charge >= 0.3 is 0 Å². The van der Waals surface area contributed by atoms with Gasteiger partial charge in [0, 0.05) is 18.8 Å². The maximum atomic E-state index is 7.70. The quantitative estimate of drug-likeness (QED) is 0.594. The number of aromatic nitrogens is 1. The second-order valence-corrected chi connectivity index (χ2v) is 3.75. The van der Waals surface area contributed by atoms with Crippen molar-refractivity contribution in [1.29, 1.82) is 5.41 Å². The van der Waals surface area contributed by atoms with Crippen LogP contribution in [-0.4, -0.2) is 22.8 Å². The molecule has 1 aromatic rings. The molecule has 4 heteroatoms. The second kappa shape index (κ2) is 4.97. The van der Waals surface area contributed by atoms with Gasteiger partial charge in [0.25, 0.3) is 0 Å². The number of rotatable bonds is 4. The molecule has 0 saturated carbocycles.